The average molecular weight is 474 g/mol. The zero-order valence-corrected chi connectivity index (χ0v) is 17.5. The van der Waals surface area contributed by atoms with E-state index in [1.165, 1.54) is 6.08 Å². The maximum absolute atomic E-state index is 12.7. The number of hydrogen-bond donors (Lipinski definition) is 2. The first-order chi connectivity index (χ1) is 15.2. The zero-order valence-electron chi connectivity index (χ0n) is 17.5. The highest BCUT2D eigenvalue weighted by molar-refractivity contribution is 5.97. The second kappa shape index (κ2) is 10.0. The van der Waals surface area contributed by atoms with Crippen LogP contribution < -0.4 is 4.74 Å². The molecule has 0 aliphatic rings. The second-order valence-corrected chi connectivity index (χ2v) is 7.31. The van der Waals surface area contributed by atoms with E-state index in [-0.39, 0.29) is 28.9 Å². The molecule has 2 aromatic rings. The van der Waals surface area contributed by atoms with Gasteiger partial charge >= 0.3 is 18.3 Å². The Kier molecular flexibility index (Phi) is 7.84. The molecule has 0 bridgehead atoms. The largest absolute Gasteiger partial charge is 0.507 e. The molecule has 0 aliphatic heterocycles. The number of phenols is 1. The Morgan fingerprint density at radius 1 is 1.03 bits per heavy atom. The van der Waals surface area contributed by atoms with Crippen molar-refractivity contribution in [3.05, 3.63) is 69.8 Å². The van der Waals surface area contributed by atoms with Crippen LogP contribution in [0.3, 0.4) is 0 Å². The minimum Gasteiger partial charge on any atom is -0.507 e. The number of carbonyl (C=O) groups is 1. The van der Waals surface area contributed by atoms with Crippen LogP contribution in [0.1, 0.15) is 46.5 Å². The summed E-state index contributed by atoms with van der Waals surface area (Å²) >= 11 is 0. The molecule has 4 nitrogen and oxygen atoms in total. The molecule has 0 fully saturated rings. The summed E-state index contributed by atoms with van der Waals surface area (Å²) in [5.41, 5.74) is -0.725. The molecule has 178 valence electrons. The number of carboxylic acid groups (broad SMARTS) is 1. The predicted octanol–water partition coefficient (Wildman–Crippen LogP) is 6.73. The number of carboxylic acids is 1. The molecule has 0 unspecified atom stereocenters. The summed E-state index contributed by atoms with van der Waals surface area (Å²) in [6.45, 7) is 1.77. The molecule has 10 heteroatoms. The normalized spacial score (nSPS) is 12.1. The van der Waals surface area contributed by atoms with Gasteiger partial charge in [-0.2, -0.15) is 26.3 Å². The third kappa shape index (κ3) is 7.30. The lowest BCUT2D eigenvalue weighted by atomic mass is 9.97. The van der Waals surface area contributed by atoms with Crippen LogP contribution >= 0.6 is 0 Å². The molecule has 2 N–H and O–H groups in total. The molecule has 2 rings (SSSR count). The van der Waals surface area contributed by atoms with Crippen LogP contribution in [-0.2, 0) is 12.6 Å². The minimum atomic E-state index is -4.68. The number of alkyl halides is 6. The number of aromatic carboxylic acids is 1. The number of benzene rings is 2. The van der Waals surface area contributed by atoms with E-state index in [1.54, 1.807) is 19.9 Å². The van der Waals surface area contributed by atoms with Crippen molar-refractivity contribution in [2.45, 2.75) is 32.6 Å². The van der Waals surface area contributed by atoms with Gasteiger partial charge < -0.3 is 14.9 Å². The number of rotatable bonds is 7. The summed E-state index contributed by atoms with van der Waals surface area (Å²) in [5.74, 6) is -2.66. The summed E-state index contributed by atoms with van der Waals surface area (Å²) in [4.78, 5) is 11.8. The molecule has 0 aromatic heterocycles. The fourth-order valence-corrected chi connectivity index (χ4v) is 2.82. The Morgan fingerprint density at radius 2 is 1.64 bits per heavy atom. The highest BCUT2D eigenvalue weighted by atomic mass is 19.4. The van der Waals surface area contributed by atoms with Gasteiger partial charge in [-0.15, -0.1) is 0 Å². The Balaban J connectivity index is 2.55. The maximum Gasteiger partial charge on any atom is 0.422 e. The third-order valence-corrected chi connectivity index (χ3v) is 4.41. The first kappa shape index (κ1) is 25.8. The smallest absolute Gasteiger partial charge is 0.422 e. The lowest BCUT2D eigenvalue weighted by molar-refractivity contribution is -0.153. The highest BCUT2D eigenvalue weighted by Gasteiger charge is 2.31. The average Bonchev–Trinajstić information content (AvgIpc) is 2.68. The summed E-state index contributed by atoms with van der Waals surface area (Å²) in [5, 5.41) is 20.1. The molecule has 0 radical (unpaired) electrons. The molecule has 0 amide bonds. The Labute approximate surface area is 185 Å². The molecule has 0 spiro atoms. The van der Waals surface area contributed by atoms with E-state index in [1.807, 2.05) is 0 Å². The second-order valence-electron chi connectivity index (χ2n) is 7.31. The van der Waals surface area contributed by atoms with Gasteiger partial charge in [0.2, 0.25) is 0 Å². The molecule has 0 atom stereocenters. The lowest BCUT2D eigenvalue weighted by Crippen LogP contribution is -2.20. The summed E-state index contributed by atoms with van der Waals surface area (Å²) < 4.78 is 81.0. The standard InChI is InChI=1S/C23H20F6O4/c1-13(2)3-10-17-18(33-12-22(24,25)26)11-15(19(20(17)30)21(31)32)7-4-14-5-8-16(9-6-14)23(27,28)29/h3-9,11,30H,10,12H2,1-2H3,(H,31,32). The quantitative estimate of drug-likeness (QED) is 0.265. The summed E-state index contributed by atoms with van der Waals surface area (Å²) in [7, 11) is 0. The van der Waals surface area contributed by atoms with Crippen molar-refractivity contribution in [1.29, 1.82) is 0 Å². The minimum absolute atomic E-state index is 0.0788. The summed E-state index contributed by atoms with van der Waals surface area (Å²) in [6.07, 6.45) is -5.27. The van der Waals surface area contributed by atoms with Gasteiger partial charge in [0.15, 0.2) is 6.61 Å². The van der Waals surface area contributed by atoms with Crippen LogP contribution in [-0.4, -0.2) is 29.0 Å². The predicted molar refractivity (Wildman–Crippen MR) is 110 cm³/mol. The van der Waals surface area contributed by atoms with Gasteiger partial charge in [-0.05, 0) is 49.6 Å². The van der Waals surface area contributed by atoms with Crippen LogP contribution in [0.2, 0.25) is 0 Å². The molecule has 2 aromatic carbocycles. The van der Waals surface area contributed by atoms with E-state index in [2.05, 4.69) is 0 Å². The molecule has 0 saturated heterocycles. The van der Waals surface area contributed by atoms with Crippen molar-refractivity contribution in [3.63, 3.8) is 0 Å². The van der Waals surface area contributed by atoms with Gasteiger partial charge in [0.25, 0.3) is 0 Å². The monoisotopic (exact) mass is 474 g/mol. The van der Waals surface area contributed by atoms with Crippen LogP contribution in [0.4, 0.5) is 26.3 Å². The topological polar surface area (TPSA) is 66.8 Å². The summed E-state index contributed by atoms with van der Waals surface area (Å²) in [6, 6.07) is 4.99. The first-order valence-corrected chi connectivity index (χ1v) is 9.49. The van der Waals surface area contributed by atoms with Crippen molar-refractivity contribution < 1.29 is 46.1 Å². The molecule has 0 aliphatic carbocycles. The fraction of sp³-hybridized carbons (Fsp3) is 0.261. The van der Waals surface area contributed by atoms with E-state index < -0.39 is 41.8 Å². The fourth-order valence-electron chi connectivity index (χ4n) is 2.82. The Morgan fingerprint density at radius 3 is 2.12 bits per heavy atom. The van der Waals surface area contributed by atoms with Gasteiger partial charge in [0, 0.05) is 5.56 Å². The van der Waals surface area contributed by atoms with E-state index in [9.17, 15) is 41.4 Å². The number of halogens is 6. The van der Waals surface area contributed by atoms with E-state index >= 15 is 0 Å². The highest BCUT2D eigenvalue weighted by Crippen LogP contribution is 2.37. The molecular weight excluding hydrogens is 454 g/mol. The van der Waals surface area contributed by atoms with Gasteiger partial charge in [-0.25, -0.2) is 4.79 Å². The Hall–Kier alpha value is -3.43. The van der Waals surface area contributed by atoms with E-state index in [4.69, 9.17) is 4.74 Å². The van der Waals surface area contributed by atoms with Crippen molar-refractivity contribution in [2.24, 2.45) is 0 Å². The van der Waals surface area contributed by atoms with Gasteiger partial charge in [0.1, 0.15) is 17.1 Å². The maximum atomic E-state index is 12.7. The van der Waals surface area contributed by atoms with Gasteiger partial charge in [-0.3, -0.25) is 0 Å². The van der Waals surface area contributed by atoms with Crippen LogP contribution in [0, 0.1) is 0 Å². The van der Waals surface area contributed by atoms with E-state index in [0.717, 1.165) is 42.0 Å². The van der Waals surface area contributed by atoms with Gasteiger partial charge in [0.05, 0.1) is 5.56 Å². The number of allylic oxidation sites excluding steroid dienone is 2. The van der Waals surface area contributed by atoms with Crippen molar-refractivity contribution in [2.75, 3.05) is 6.61 Å². The first-order valence-electron chi connectivity index (χ1n) is 9.49. The zero-order chi connectivity index (χ0) is 25.0. The third-order valence-electron chi connectivity index (χ3n) is 4.41. The molecular formula is C23H20F6O4. The molecule has 0 heterocycles. The lowest BCUT2D eigenvalue weighted by Gasteiger charge is -2.17. The van der Waals surface area contributed by atoms with Crippen LogP contribution in [0.15, 0.2) is 42.0 Å². The van der Waals surface area contributed by atoms with Crippen molar-refractivity contribution >= 4 is 18.1 Å². The molecule has 33 heavy (non-hydrogen) atoms. The Bertz CT molecular complexity index is 1060. The number of aromatic hydroxyl groups is 1. The van der Waals surface area contributed by atoms with Crippen molar-refractivity contribution in [3.8, 4) is 11.5 Å². The SMILES string of the molecule is CC(C)=CCc1c(OCC(F)(F)F)cc(C=Cc2ccc(C(F)(F)F)cc2)c(C(=O)O)c1O. The van der Waals surface area contributed by atoms with Gasteiger partial charge in [-0.1, -0.05) is 35.9 Å². The van der Waals surface area contributed by atoms with E-state index in [0.29, 0.717) is 0 Å². The van der Waals surface area contributed by atoms with Crippen LogP contribution in [0.5, 0.6) is 11.5 Å². The molecule has 0 saturated carbocycles. The number of hydrogen-bond acceptors (Lipinski definition) is 3. The number of ether oxygens (including phenoxy) is 1. The van der Waals surface area contributed by atoms with Crippen LogP contribution in [0.25, 0.3) is 12.2 Å². The van der Waals surface area contributed by atoms with Crippen molar-refractivity contribution in [1.82, 2.24) is 0 Å².